The second-order valence-corrected chi connectivity index (χ2v) is 5.96. The summed E-state index contributed by atoms with van der Waals surface area (Å²) in [6, 6.07) is 11.5. The Balaban J connectivity index is 1.90. The molecular weight excluding hydrogens is 384 g/mol. The molecule has 4 nitrogen and oxygen atoms in total. The number of rotatable bonds is 6. The number of halogens is 2. The molecule has 0 saturated heterocycles. The third-order valence-corrected chi connectivity index (χ3v) is 3.76. The molecule has 0 aliphatic rings. The molecule has 0 unspecified atom stereocenters. The van der Waals surface area contributed by atoms with Crippen molar-refractivity contribution in [3.05, 3.63) is 57.5 Å². The molecule has 0 aliphatic heterocycles. The molecular formula is C17H14BrClO4. The molecule has 2 aromatic rings. The SMILES string of the molecule is CCC(=O)c1ccc(OC(=O)COc2ccc(Br)cc2Cl)cc1. The summed E-state index contributed by atoms with van der Waals surface area (Å²) in [5.41, 5.74) is 0.588. The van der Waals surface area contributed by atoms with E-state index in [0.717, 1.165) is 4.47 Å². The fourth-order valence-electron chi connectivity index (χ4n) is 1.80. The predicted octanol–water partition coefficient (Wildman–Crippen LogP) is 4.68. The molecule has 0 aromatic heterocycles. The minimum Gasteiger partial charge on any atom is -0.480 e. The van der Waals surface area contributed by atoms with Gasteiger partial charge in [0, 0.05) is 16.5 Å². The second-order valence-electron chi connectivity index (χ2n) is 4.64. The lowest BCUT2D eigenvalue weighted by atomic mass is 10.1. The number of carbonyl (C=O) groups is 2. The molecule has 0 amide bonds. The highest BCUT2D eigenvalue weighted by Crippen LogP contribution is 2.27. The van der Waals surface area contributed by atoms with Crippen LogP contribution >= 0.6 is 27.5 Å². The molecule has 120 valence electrons. The van der Waals surface area contributed by atoms with Gasteiger partial charge in [0.25, 0.3) is 0 Å². The van der Waals surface area contributed by atoms with Crippen molar-refractivity contribution in [1.29, 1.82) is 0 Å². The van der Waals surface area contributed by atoms with Crippen molar-refractivity contribution in [3.63, 3.8) is 0 Å². The average molecular weight is 398 g/mol. The summed E-state index contributed by atoms with van der Waals surface area (Å²) >= 11 is 9.28. The fraction of sp³-hybridized carbons (Fsp3) is 0.176. The van der Waals surface area contributed by atoms with Crippen LogP contribution in [0.2, 0.25) is 5.02 Å². The van der Waals surface area contributed by atoms with Crippen molar-refractivity contribution >= 4 is 39.3 Å². The first kappa shape index (κ1) is 17.5. The van der Waals surface area contributed by atoms with E-state index >= 15 is 0 Å². The van der Waals surface area contributed by atoms with E-state index in [1.54, 1.807) is 49.4 Å². The molecule has 2 aromatic carbocycles. The minimum atomic E-state index is -0.557. The topological polar surface area (TPSA) is 52.6 Å². The first-order valence-corrected chi connectivity index (χ1v) is 8.08. The van der Waals surface area contributed by atoms with Gasteiger partial charge < -0.3 is 9.47 Å². The molecule has 0 bridgehead atoms. The maximum Gasteiger partial charge on any atom is 0.349 e. The van der Waals surface area contributed by atoms with Crippen molar-refractivity contribution in [2.24, 2.45) is 0 Å². The molecule has 0 spiro atoms. The first-order chi connectivity index (χ1) is 11.0. The zero-order chi connectivity index (χ0) is 16.8. The summed E-state index contributed by atoms with van der Waals surface area (Å²) in [6.45, 7) is 1.53. The molecule has 0 saturated carbocycles. The summed E-state index contributed by atoms with van der Waals surface area (Å²) in [4.78, 5) is 23.3. The quantitative estimate of drug-likeness (QED) is 0.403. The maximum atomic E-state index is 11.8. The van der Waals surface area contributed by atoms with E-state index in [0.29, 0.717) is 28.5 Å². The molecule has 0 N–H and O–H groups in total. The molecule has 6 heteroatoms. The van der Waals surface area contributed by atoms with E-state index in [2.05, 4.69) is 15.9 Å². The van der Waals surface area contributed by atoms with Crippen LogP contribution in [0, 0.1) is 0 Å². The third-order valence-electron chi connectivity index (χ3n) is 2.97. The number of Topliss-reactive ketones (excluding diaryl/α,β-unsaturated/α-hetero) is 1. The molecule has 0 aliphatic carbocycles. The van der Waals surface area contributed by atoms with Crippen molar-refractivity contribution < 1.29 is 19.1 Å². The Bertz CT molecular complexity index is 713. The second kappa shape index (κ2) is 8.13. The predicted molar refractivity (Wildman–Crippen MR) is 91.3 cm³/mol. The highest BCUT2D eigenvalue weighted by Gasteiger charge is 2.09. The first-order valence-electron chi connectivity index (χ1n) is 6.91. The van der Waals surface area contributed by atoms with Crippen molar-refractivity contribution in [2.75, 3.05) is 6.61 Å². The Morgan fingerprint density at radius 3 is 2.43 bits per heavy atom. The van der Waals surface area contributed by atoms with Gasteiger partial charge in [0.05, 0.1) is 5.02 Å². The number of benzene rings is 2. The van der Waals surface area contributed by atoms with Gasteiger partial charge in [0.2, 0.25) is 0 Å². The standard InChI is InChI=1S/C17H14BrClO4/c1-2-15(20)11-3-6-13(7-4-11)23-17(21)10-22-16-8-5-12(18)9-14(16)19/h3-9H,2,10H2,1H3. The van der Waals surface area contributed by atoms with Gasteiger partial charge in [-0.15, -0.1) is 0 Å². The average Bonchev–Trinajstić information content (AvgIpc) is 2.54. The van der Waals surface area contributed by atoms with E-state index in [9.17, 15) is 9.59 Å². The lowest BCUT2D eigenvalue weighted by molar-refractivity contribution is -0.136. The number of hydrogen-bond acceptors (Lipinski definition) is 4. The van der Waals surface area contributed by atoms with Crippen LogP contribution in [0.5, 0.6) is 11.5 Å². The summed E-state index contributed by atoms with van der Waals surface area (Å²) in [7, 11) is 0. The van der Waals surface area contributed by atoms with Gasteiger partial charge >= 0.3 is 5.97 Å². The lowest BCUT2D eigenvalue weighted by Gasteiger charge is -2.08. The monoisotopic (exact) mass is 396 g/mol. The van der Waals surface area contributed by atoms with E-state index in [1.807, 2.05) is 0 Å². The maximum absolute atomic E-state index is 11.8. The van der Waals surface area contributed by atoms with Crippen molar-refractivity contribution in [2.45, 2.75) is 13.3 Å². The van der Waals surface area contributed by atoms with Crippen LogP contribution in [0.25, 0.3) is 0 Å². The Hall–Kier alpha value is -1.85. The Kier molecular flexibility index (Phi) is 6.19. The van der Waals surface area contributed by atoms with Gasteiger partial charge in [-0.05, 0) is 42.5 Å². The zero-order valence-corrected chi connectivity index (χ0v) is 14.7. The van der Waals surface area contributed by atoms with Crippen molar-refractivity contribution in [3.8, 4) is 11.5 Å². The van der Waals surface area contributed by atoms with Gasteiger partial charge in [-0.2, -0.15) is 0 Å². The highest BCUT2D eigenvalue weighted by molar-refractivity contribution is 9.10. The third kappa shape index (κ3) is 5.08. The normalized spacial score (nSPS) is 10.2. The summed E-state index contributed by atoms with van der Waals surface area (Å²) in [6.07, 6.45) is 0.431. The van der Waals surface area contributed by atoms with E-state index in [4.69, 9.17) is 21.1 Å². The molecule has 23 heavy (non-hydrogen) atoms. The largest absolute Gasteiger partial charge is 0.480 e. The number of ether oxygens (including phenoxy) is 2. The minimum absolute atomic E-state index is 0.0380. The van der Waals surface area contributed by atoms with Crippen molar-refractivity contribution in [1.82, 2.24) is 0 Å². The smallest absolute Gasteiger partial charge is 0.349 e. The lowest BCUT2D eigenvalue weighted by Crippen LogP contribution is -2.17. The Labute approximate surface area is 147 Å². The van der Waals surface area contributed by atoms with Crippen LogP contribution < -0.4 is 9.47 Å². The van der Waals surface area contributed by atoms with Gasteiger partial charge in [-0.3, -0.25) is 4.79 Å². The van der Waals surface area contributed by atoms with Gasteiger partial charge in [-0.1, -0.05) is 34.5 Å². The number of ketones is 1. The van der Waals surface area contributed by atoms with E-state index in [-0.39, 0.29) is 12.4 Å². The van der Waals surface area contributed by atoms with Gasteiger partial charge in [0.15, 0.2) is 12.4 Å². The van der Waals surface area contributed by atoms with Gasteiger partial charge in [-0.25, -0.2) is 4.79 Å². The van der Waals surface area contributed by atoms with Crippen LogP contribution in [0.15, 0.2) is 46.9 Å². The van der Waals surface area contributed by atoms with Crippen LogP contribution in [0.3, 0.4) is 0 Å². The molecule has 0 atom stereocenters. The van der Waals surface area contributed by atoms with Crippen LogP contribution in [0.4, 0.5) is 0 Å². The summed E-state index contributed by atoms with van der Waals surface area (Å²) in [5.74, 6) is 0.235. The van der Waals surface area contributed by atoms with E-state index in [1.165, 1.54) is 0 Å². The summed E-state index contributed by atoms with van der Waals surface area (Å²) < 4.78 is 11.3. The Morgan fingerprint density at radius 2 is 1.83 bits per heavy atom. The van der Waals surface area contributed by atoms with E-state index < -0.39 is 5.97 Å². The van der Waals surface area contributed by atoms with Crippen LogP contribution in [-0.2, 0) is 4.79 Å². The molecule has 0 heterocycles. The molecule has 2 rings (SSSR count). The number of esters is 1. The summed E-state index contributed by atoms with van der Waals surface area (Å²) in [5, 5.41) is 0.398. The number of hydrogen-bond donors (Lipinski definition) is 0. The number of carbonyl (C=O) groups excluding carboxylic acids is 2. The van der Waals surface area contributed by atoms with Crippen LogP contribution in [-0.4, -0.2) is 18.4 Å². The van der Waals surface area contributed by atoms with Gasteiger partial charge in [0.1, 0.15) is 11.5 Å². The highest BCUT2D eigenvalue weighted by atomic mass is 79.9. The zero-order valence-electron chi connectivity index (χ0n) is 12.3. The Morgan fingerprint density at radius 1 is 1.13 bits per heavy atom. The van der Waals surface area contributed by atoms with Crippen LogP contribution in [0.1, 0.15) is 23.7 Å². The molecule has 0 fully saturated rings. The molecule has 0 radical (unpaired) electrons. The fourth-order valence-corrected chi connectivity index (χ4v) is 2.53.